The van der Waals surface area contributed by atoms with Crippen LogP contribution in [-0.2, 0) is 0 Å². The van der Waals surface area contributed by atoms with Gasteiger partial charge in [-0.15, -0.1) is 0 Å². The van der Waals surface area contributed by atoms with Gasteiger partial charge in [0.25, 0.3) is 0 Å². The molecule has 29 heavy (non-hydrogen) atoms. The summed E-state index contributed by atoms with van der Waals surface area (Å²) in [7, 11) is 5.08. The van der Waals surface area contributed by atoms with Crippen molar-refractivity contribution in [2.24, 2.45) is 0 Å². The van der Waals surface area contributed by atoms with Gasteiger partial charge >= 0.3 is 0 Å². The van der Waals surface area contributed by atoms with E-state index >= 15 is 0 Å². The van der Waals surface area contributed by atoms with Gasteiger partial charge in [-0.1, -0.05) is 34.9 Å². The molecule has 0 N–H and O–H groups in total. The Morgan fingerprint density at radius 3 is 2.28 bits per heavy atom. The molecule has 1 aromatic carbocycles. The van der Waals surface area contributed by atoms with Gasteiger partial charge in [-0.25, -0.2) is 0 Å². The summed E-state index contributed by atoms with van der Waals surface area (Å²) in [5.74, 6) is 2.85. The van der Waals surface area contributed by atoms with Crippen LogP contribution in [0.5, 0.6) is 17.2 Å². The molecule has 0 saturated carbocycles. The van der Waals surface area contributed by atoms with Gasteiger partial charge in [-0.3, -0.25) is 0 Å². The zero-order valence-electron chi connectivity index (χ0n) is 19.1. The first-order valence-electron chi connectivity index (χ1n) is 10.7. The van der Waals surface area contributed by atoms with Crippen molar-refractivity contribution in [1.82, 2.24) is 0 Å². The minimum Gasteiger partial charge on any atom is -0.496 e. The topological polar surface area (TPSA) is 27.7 Å². The first kappa shape index (κ1) is 23.1. The second-order valence-corrected chi connectivity index (χ2v) is 8.20. The summed E-state index contributed by atoms with van der Waals surface area (Å²) >= 11 is 0. The standard InChI is InChI=1S/C26H38O3/c1-19(2)10-7-11-20(3)12-8-13-21-14-9-15-22(16-21)23-17-25(28-5)26(29-6)18-24(23)27-4/h10,12,14,17-18,22H,7-9,11,13,15-16H2,1-6H3/b20-12+/t22-/m0/s1. The van der Waals surface area contributed by atoms with Gasteiger partial charge in [0, 0.05) is 11.6 Å². The maximum atomic E-state index is 5.67. The van der Waals surface area contributed by atoms with Gasteiger partial charge in [-0.2, -0.15) is 0 Å². The lowest BCUT2D eigenvalue weighted by Crippen LogP contribution is -2.08. The molecule has 0 fully saturated rings. The Morgan fingerprint density at radius 1 is 0.931 bits per heavy atom. The van der Waals surface area contributed by atoms with Crippen LogP contribution in [-0.4, -0.2) is 21.3 Å². The van der Waals surface area contributed by atoms with Crippen LogP contribution in [0.25, 0.3) is 0 Å². The molecule has 3 nitrogen and oxygen atoms in total. The SMILES string of the molecule is COc1cc(OC)c([C@H]2CCC=C(CC/C=C(\C)CCC=C(C)C)C2)cc1OC. The Hall–Kier alpha value is -2.16. The molecular weight excluding hydrogens is 360 g/mol. The third-order valence-corrected chi connectivity index (χ3v) is 5.68. The Morgan fingerprint density at radius 2 is 1.62 bits per heavy atom. The normalized spacial score (nSPS) is 16.8. The molecule has 0 aliphatic heterocycles. The van der Waals surface area contributed by atoms with E-state index in [4.69, 9.17) is 14.2 Å². The lowest BCUT2D eigenvalue weighted by atomic mass is 9.82. The molecule has 0 radical (unpaired) electrons. The first-order valence-corrected chi connectivity index (χ1v) is 10.7. The van der Waals surface area contributed by atoms with E-state index in [-0.39, 0.29) is 0 Å². The maximum Gasteiger partial charge on any atom is 0.164 e. The fraction of sp³-hybridized carbons (Fsp3) is 0.538. The van der Waals surface area contributed by atoms with Crippen LogP contribution in [0.2, 0.25) is 0 Å². The highest BCUT2D eigenvalue weighted by molar-refractivity contribution is 5.52. The Bertz CT molecular complexity index is 751. The molecule has 1 aliphatic carbocycles. The number of methoxy groups -OCH3 is 3. The molecule has 0 unspecified atom stereocenters. The summed E-state index contributed by atoms with van der Waals surface area (Å²) in [5, 5.41) is 0. The van der Waals surface area contributed by atoms with E-state index in [1.165, 1.54) is 16.7 Å². The summed E-state index contributed by atoms with van der Waals surface area (Å²) in [6, 6.07) is 4.04. The summed E-state index contributed by atoms with van der Waals surface area (Å²) < 4.78 is 16.6. The van der Waals surface area contributed by atoms with Crippen LogP contribution < -0.4 is 14.2 Å². The van der Waals surface area contributed by atoms with E-state index in [0.717, 1.165) is 56.4 Å². The second-order valence-electron chi connectivity index (χ2n) is 8.20. The molecule has 1 atom stereocenters. The summed E-state index contributed by atoms with van der Waals surface area (Å²) in [4.78, 5) is 0. The average Bonchev–Trinajstić information content (AvgIpc) is 2.72. The largest absolute Gasteiger partial charge is 0.496 e. The summed E-state index contributed by atoms with van der Waals surface area (Å²) in [6.07, 6.45) is 15.1. The van der Waals surface area contributed by atoms with Gasteiger partial charge in [0.1, 0.15) is 5.75 Å². The molecular formula is C26H38O3. The lowest BCUT2D eigenvalue weighted by Gasteiger charge is -2.25. The van der Waals surface area contributed by atoms with Gasteiger partial charge in [0.2, 0.25) is 0 Å². The van der Waals surface area contributed by atoms with Crippen molar-refractivity contribution < 1.29 is 14.2 Å². The average molecular weight is 399 g/mol. The van der Waals surface area contributed by atoms with Crippen LogP contribution in [0.3, 0.4) is 0 Å². The summed E-state index contributed by atoms with van der Waals surface area (Å²) in [6.45, 7) is 6.59. The van der Waals surface area contributed by atoms with Crippen molar-refractivity contribution in [3.05, 3.63) is 52.6 Å². The van der Waals surface area contributed by atoms with Crippen LogP contribution >= 0.6 is 0 Å². The van der Waals surface area contributed by atoms with Crippen molar-refractivity contribution in [3.8, 4) is 17.2 Å². The van der Waals surface area contributed by atoms with Crippen molar-refractivity contribution in [2.75, 3.05) is 21.3 Å². The Labute approximate surface area is 177 Å². The number of rotatable bonds is 10. The van der Waals surface area contributed by atoms with E-state index in [9.17, 15) is 0 Å². The number of hydrogen-bond acceptors (Lipinski definition) is 3. The van der Waals surface area contributed by atoms with Crippen molar-refractivity contribution in [3.63, 3.8) is 0 Å². The van der Waals surface area contributed by atoms with Crippen molar-refractivity contribution in [1.29, 1.82) is 0 Å². The molecule has 0 spiro atoms. The van der Waals surface area contributed by atoms with E-state index in [0.29, 0.717) is 11.7 Å². The highest BCUT2D eigenvalue weighted by atomic mass is 16.5. The predicted octanol–water partition coefficient (Wildman–Crippen LogP) is 7.38. The predicted molar refractivity (Wildman–Crippen MR) is 122 cm³/mol. The van der Waals surface area contributed by atoms with Crippen LogP contribution in [0.15, 0.2) is 47.1 Å². The molecule has 0 aromatic heterocycles. The molecule has 0 saturated heterocycles. The Kier molecular flexibility index (Phi) is 9.37. The quantitative estimate of drug-likeness (QED) is 0.385. The molecule has 3 heteroatoms. The molecule has 0 amide bonds. The van der Waals surface area contributed by atoms with Gasteiger partial charge in [0.05, 0.1) is 21.3 Å². The van der Waals surface area contributed by atoms with Gasteiger partial charge in [-0.05, 0) is 77.7 Å². The third kappa shape index (κ3) is 6.99. The highest BCUT2D eigenvalue weighted by Crippen LogP contribution is 2.43. The lowest BCUT2D eigenvalue weighted by molar-refractivity contribution is 0.345. The van der Waals surface area contributed by atoms with E-state index in [1.54, 1.807) is 26.9 Å². The van der Waals surface area contributed by atoms with Gasteiger partial charge in [0.15, 0.2) is 11.5 Å². The second kappa shape index (κ2) is 11.7. The van der Waals surface area contributed by atoms with Crippen LogP contribution in [0.4, 0.5) is 0 Å². The smallest absolute Gasteiger partial charge is 0.164 e. The van der Waals surface area contributed by atoms with E-state index in [1.807, 2.05) is 6.07 Å². The molecule has 0 bridgehead atoms. The highest BCUT2D eigenvalue weighted by Gasteiger charge is 2.23. The number of allylic oxidation sites excluding steroid dienone is 6. The van der Waals surface area contributed by atoms with E-state index in [2.05, 4.69) is 45.1 Å². The fourth-order valence-corrected chi connectivity index (χ4v) is 4.03. The molecule has 2 rings (SSSR count). The number of ether oxygens (including phenoxy) is 3. The molecule has 1 aromatic rings. The minimum absolute atomic E-state index is 0.465. The number of benzene rings is 1. The molecule has 160 valence electrons. The monoisotopic (exact) mass is 398 g/mol. The molecule has 0 heterocycles. The van der Waals surface area contributed by atoms with E-state index < -0.39 is 0 Å². The number of hydrogen-bond donors (Lipinski definition) is 0. The van der Waals surface area contributed by atoms with Crippen LogP contribution in [0.1, 0.15) is 77.2 Å². The van der Waals surface area contributed by atoms with Crippen molar-refractivity contribution >= 4 is 0 Å². The van der Waals surface area contributed by atoms with Crippen molar-refractivity contribution in [2.45, 2.75) is 71.6 Å². The third-order valence-electron chi connectivity index (χ3n) is 5.68. The maximum absolute atomic E-state index is 5.67. The minimum atomic E-state index is 0.465. The van der Waals surface area contributed by atoms with Gasteiger partial charge < -0.3 is 14.2 Å². The first-order chi connectivity index (χ1) is 14.0. The molecule has 1 aliphatic rings. The zero-order chi connectivity index (χ0) is 21.2. The Balaban J connectivity index is 2.00. The zero-order valence-corrected chi connectivity index (χ0v) is 19.1. The van der Waals surface area contributed by atoms with Crippen LogP contribution in [0, 0.1) is 0 Å². The summed E-state index contributed by atoms with van der Waals surface area (Å²) in [5.41, 5.74) is 5.69. The fourth-order valence-electron chi connectivity index (χ4n) is 4.03.